The Morgan fingerprint density at radius 3 is 2.32 bits per heavy atom. The molecule has 4 aromatic rings. The molecule has 0 bridgehead atoms. The topological polar surface area (TPSA) is 81.4 Å². The van der Waals surface area contributed by atoms with E-state index in [1.165, 1.54) is 5.56 Å². The number of carbonyl (C=O) groups is 1. The van der Waals surface area contributed by atoms with Crippen LogP contribution in [0.25, 0.3) is 16.8 Å². The molecular formula is C24H25N5O2. The van der Waals surface area contributed by atoms with E-state index in [0.717, 1.165) is 41.1 Å². The van der Waals surface area contributed by atoms with E-state index in [1.54, 1.807) is 11.6 Å². The number of hydrogen-bond donors (Lipinski definition) is 1. The number of fused-ring (bicyclic) bond motifs is 1. The molecule has 1 amide bonds. The maximum atomic E-state index is 12.9. The third-order valence-electron chi connectivity index (χ3n) is 5.39. The van der Waals surface area contributed by atoms with Crippen LogP contribution >= 0.6 is 0 Å². The van der Waals surface area contributed by atoms with Gasteiger partial charge in [-0.2, -0.15) is 5.10 Å². The molecule has 0 fully saturated rings. The van der Waals surface area contributed by atoms with E-state index in [-0.39, 0.29) is 11.6 Å². The van der Waals surface area contributed by atoms with E-state index in [9.17, 15) is 4.79 Å². The van der Waals surface area contributed by atoms with Gasteiger partial charge < -0.3 is 10.1 Å². The molecule has 31 heavy (non-hydrogen) atoms. The molecule has 158 valence electrons. The van der Waals surface area contributed by atoms with Gasteiger partial charge in [0.1, 0.15) is 5.75 Å². The normalized spacial score (nSPS) is 11.0. The smallest absolute Gasteiger partial charge is 0.278 e. The lowest BCUT2D eigenvalue weighted by Gasteiger charge is -2.08. The van der Waals surface area contributed by atoms with Crippen LogP contribution in [-0.2, 0) is 12.8 Å². The van der Waals surface area contributed by atoms with Gasteiger partial charge in [0.2, 0.25) is 0 Å². The first kappa shape index (κ1) is 20.5. The van der Waals surface area contributed by atoms with E-state index in [0.29, 0.717) is 11.3 Å². The van der Waals surface area contributed by atoms with Gasteiger partial charge in [-0.3, -0.25) is 4.79 Å². The number of ether oxygens (including phenoxy) is 1. The first-order valence-corrected chi connectivity index (χ1v) is 10.3. The number of nitrogens with one attached hydrogen (secondary N) is 1. The summed E-state index contributed by atoms with van der Waals surface area (Å²) in [6, 6.07) is 15.6. The van der Waals surface area contributed by atoms with Crippen LogP contribution in [0.2, 0.25) is 0 Å². The molecule has 0 aliphatic heterocycles. The maximum Gasteiger partial charge on any atom is 0.278 e. The molecule has 0 spiro atoms. The average Bonchev–Trinajstić information content (AvgIpc) is 3.19. The molecule has 0 aliphatic carbocycles. The largest absolute Gasteiger partial charge is 0.497 e. The van der Waals surface area contributed by atoms with E-state index in [1.807, 2.05) is 62.4 Å². The highest BCUT2D eigenvalue weighted by Gasteiger charge is 2.21. The molecule has 0 saturated carbocycles. The summed E-state index contributed by atoms with van der Waals surface area (Å²) in [5, 5.41) is 16.3. The van der Waals surface area contributed by atoms with E-state index in [4.69, 9.17) is 9.84 Å². The van der Waals surface area contributed by atoms with Crippen molar-refractivity contribution in [1.29, 1.82) is 0 Å². The quantitative estimate of drug-likeness (QED) is 0.502. The zero-order valence-electron chi connectivity index (χ0n) is 18.1. The first-order chi connectivity index (χ1) is 15.0. The van der Waals surface area contributed by atoms with E-state index in [2.05, 4.69) is 22.4 Å². The molecule has 4 rings (SSSR count). The number of anilines is 1. The van der Waals surface area contributed by atoms with Crippen LogP contribution in [-0.4, -0.2) is 32.8 Å². The second-order valence-electron chi connectivity index (χ2n) is 7.28. The number of amides is 1. The van der Waals surface area contributed by atoms with Crippen LogP contribution in [0, 0.1) is 6.92 Å². The van der Waals surface area contributed by atoms with Gasteiger partial charge in [0, 0.05) is 5.69 Å². The second kappa shape index (κ2) is 8.55. The molecule has 7 heteroatoms. The molecule has 1 N–H and O–H groups in total. The highest BCUT2D eigenvalue weighted by atomic mass is 16.5. The van der Waals surface area contributed by atoms with Gasteiger partial charge in [0.05, 0.1) is 24.1 Å². The summed E-state index contributed by atoms with van der Waals surface area (Å²) in [6.07, 6.45) is 1.68. The zero-order chi connectivity index (χ0) is 22.0. The number of carbonyl (C=O) groups excluding carboxylic acids is 1. The van der Waals surface area contributed by atoms with Crippen LogP contribution in [0.15, 0.2) is 48.5 Å². The lowest BCUT2D eigenvalue weighted by Crippen LogP contribution is -2.18. The number of hydrogen-bond acceptors (Lipinski definition) is 5. The lowest BCUT2D eigenvalue weighted by atomic mass is 10.0. The fourth-order valence-corrected chi connectivity index (χ4v) is 3.57. The van der Waals surface area contributed by atoms with Crippen molar-refractivity contribution in [1.82, 2.24) is 19.8 Å². The van der Waals surface area contributed by atoms with Crippen molar-refractivity contribution in [3.05, 3.63) is 71.2 Å². The van der Waals surface area contributed by atoms with Crippen molar-refractivity contribution in [3.8, 4) is 16.9 Å². The Bertz CT molecular complexity index is 1230. The molecule has 0 saturated heterocycles. The van der Waals surface area contributed by atoms with Gasteiger partial charge in [-0.25, -0.2) is 4.52 Å². The molecule has 0 aliphatic rings. The van der Waals surface area contributed by atoms with E-state index >= 15 is 0 Å². The number of methoxy groups -OCH3 is 1. The number of rotatable bonds is 6. The van der Waals surface area contributed by atoms with Crippen LogP contribution in [0.3, 0.4) is 0 Å². The van der Waals surface area contributed by atoms with E-state index < -0.39 is 0 Å². The zero-order valence-corrected chi connectivity index (χ0v) is 18.1. The number of nitrogens with zero attached hydrogens (tertiary/aromatic N) is 4. The minimum atomic E-state index is -0.310. The standard InChI is InChI=1S/C24H25N5O2/c1-5-16-7-11-18(12-8-16)25-24(30)22-15(3)29-23(27-26-22)21(20(6-2)28-29)17-9-13-19(31-4)14-10-17/h7-14H,5-6H2,1-4H3,(H,25,30). The Kier molecular flexibility index (Phi) is 5.66. The Balaban J connectivity index is 1.72. The summed E-state index contributed by atoms with van der Waals surface area (Å²) >= 11 is 0. The van der Waals surface area contributed by atoms with Gasteiger partial charge >= 0.3 is 0 Å². The molecule has 7 nitrogen and oxygen atoms in total. The molecule has 2 aromatic carbocycles. The SMILES string of the molecule is CCc1ccc(NC(=O)c2nnc3c(-c4ccc(OC)cc4)c(CC)nn3c2C)cc1. The van der Waals surface area contributed by atoms with Gasteiger partial charge in [-0.05, 0) is 55.2 Å². The summed E-state index contributed by atoms with van der Waals surface area (Å²) in [7, 11) is 1.64. The van der Waals surface area contributed by atoms with Gasteiger partial charge in [0.15, 0.2) is 11.3 Å². The van der Waals surface area contributed by atoms with Gasteiger partial charge in [0.25, 0.3) is 5.91 Å². The Hall–Kier alpha value is -3.74. The predicted molar refractivity (Wildman–Crippen MR) is 121 cm³/mol. The second-order valence-corrected chi connectivity index (χ2v) is 7.28. The minimum Gasteiger partial charge on any atom is -0.497 e. The van der Waals surface area contributed by atoms with Crippen molar-refractivity contribution in [2.75, 3.05) is 12.4 Å². The number of aryl methyl sites for hydroxylation is 3. The van der Waals surface area contributed by atoms with Crippen molar-refractivity contribution < 1.29 is 9.53 Å². The highest BCUT2D eigenvalue weighted by Crippen LogP contribution is 2.30. The van der Waals surface area contributed by atoms with Crippen LogP contribution < -0.4 is 10.1 Å². The summed E-state index contributed by atoms with van der Waals surface area (Å²) in [4.78, 5) is 12.9. The Labute approximate surface area is 181 Å². The Morgan fingerprint density at radius 1 is 1.00 bits per heavy atom. The van der Waals surface area contributed by atoms with Crippen molar-refractivity contribution in [2.24, 2.45) is 0 Å². The molecule has 2 aromatic heterocycles. The molecule has 0 unspecified atom stereocenters. The lowest BCUT2D eigenvalue weighted by molar-refractivity contribution is 0.102. The minimum absolute atomic E-state index is 0.249. The molecule has 0 atom stereocenters. The van der Waals surface area contributed by atoms with Gasteiger partial charge in [-0.15, -0.1) is 10.2 Å². The average molecular weight is 415 g/mol. The third kappa shape index (κ3) is 3.86. The molecule has 0 radical (unpaired) electrons. The summed E-state index contributed by atoms with van der Waals surface area (Å²) in [6.45, 7) is 5.97. The first-order valence-electron chi connectivity index (χ1n) is 10.3. The van der Waals surface area contributed by atoms with Crippen LogP contribution in [0.1, 0.15) is 41.3 Å². The number of benzene rings is 2. The fourth-order valence-electron chi connectivity index (χ4n) is 3.57. The predicted octanol–water partition coefficient (Wildman–Crippen LogP) is 4.49. The van der Waals surface area contributed by atoms with Crippen molar-refractivity contribution >= 4 is 17.2 Å². The highest BCUT2D eigenvalue weighted by molar-refractivity contribution is 6.03. The summed E-state index contributed by atoms with van der Waals surface area (Å²) in [5.41, 5.74) is 6.25. The summed E-state index contributed by atoms with van der Waals surface area (Å²) in [5.74, 6) is 0.474. The molecule has 2 heterocycles. The van der Waals surface area contributed by atoms with Crippen LogP contribution in [0.4, 0.5) is 5.69 Å². The number of aromatic nitrogens is 4. The van der Waals surface area contributed by atoms with Crippen molar-refractivity contribution in [3.63, 3.8) is 0 Å². The third-order valence-corrected chi connectivity index (χ3v) is 5.39. The monoisotopic (exact) mass is 415 g/mol. The maximum absolute atomic E-state index is 12.9. The summed E-state index contributed by atoms with van der Waals surface area (Å²) < 4.78 is 6.97. The fraction of sp³-hybridized carbons (Fsp3) is 0.250. The van der Waals surface area contributed by atoms with Gasteiger partial charge in [-0.1, -0.05) is 38.1 Å². The Morgan fingerprint density at radius 2 is 1.71 bits per heavy atom. The van der Waals surface area contributed by atoms with Crippen molar-refractivity contribution in [2.45, 2.75) is 33.6 Å². The van der Waals surface area contributed by atoms with Crippen LogP contribution in [0.5, 0.6) is 5.75 Å². The molecular weight excluding hydrogens is 390 g/mol.